The Hall–Kier alpha value is -2.72. The van der Waals surface area contributed by atoms with Gasteiger partial charge in [0.2, 0.25) is 10.0 Å². The predicted molar refractivity (Wildman–Crippen MR) is 113 cm³/mol. The van der Waals surface area contributed by atoms with Gasteiger partial charge in [0.25, 0.3) is 5.56 Å². The number of sulfonamides is 1. The van der Waals surface area contributed by atoms with Gasteiger partial charge in [-0.1, -0.05) is 13.3 Å². The average Bonchev–Trinajstić information content (AvgIpc) is 2.96. The van der Waals surface area contributed by atoms with Crippen molar-refractivity contribution in [3.05, 3.63) is 34.2 Å². The molecule has 2 aromatic heterocycles. The Balaban J connectivity index is 1.92. The lowest BCUT2D eigenvalue weighted by molar-refractivity contribution is 0.309. The van der Waals surface area contributed by atoms with Crippen molar-refractivity contribution in [2.75, 3.05) is 19.7 Å². The fourth-order valence-electron chi connectivity index (χ4n) is 3.59. The van der Waals surface area contributed by atoms with Crippen molar-refractivity contribution < 1.29 is 13.2 Å². The molecule has 1 aliphatic heterocycles. The molecule has 0 saturated carbocycles. The third-order valence-corrected chi connectivity index (χ3v) is 7.10. The van der Waals surface area contributed by atoms with Crippen molar-refractivity contribution in [2.45, 2.75) is 38.0 Å². The van der Waals surface area contributed by atoms with Gasteiger partial charge in [-0.05, 0) is 38.0 Å². The average molecular weight is 432 g/mol. The molecule has 0 amide bonds. The van der Waals surface area contributed by atoms with Crippen LogP contribution in [0.4, 0.5) is 0 Å². The molecule has 1 aromatic carbocycles. The first kappa shape index (κ1) is 20.5. The molecule has 160 valence electrons. The first-order valence-electron chi connectivity index (χ1n) is 10.1. The third kappa shape index (κ3) is 3.39. The number of nitrogens with one attached hydrogen (secondary N) is 1. The molecule has 0 unspecified atom stereocenters. The molecule has 9 nitrogen and oxygen atoms in total. The van der Waals surface area contributed by atoms with Crippen LogP contribution in [0.15, 0.2) is 27.9 Å². The van der Waals surface area contributed by atoms with Crippen LogP contribution in [-0.4, -0.2) is 52.2 Å². The smallest absolute Gasteiger partial charge is 0.277 e. The zero-order chi connectivity index (χ0) is 21.5. The van der Waals surface area contributed by atoms with Gasteiger partial charge in [-0.25, -0.2) is 13.4 Å². The predicted octanol–water partition coefficient (Wildman–Crippen LogP) is 2.07. The molecule has 4 rings (SSSR count). The lowest BCUT2D eigenvalue weighted by Gasteiger charge is -2.29. The van der Waals surface area contributed by atoms with E-state index in [1.54, 1.807) is 13.1 Å². The van der Waals surface area contributed by atoms with Gasteiger partial charge < -0.3 is 9.72 Å². The molecule has 0 aliphatic carbocycles. The highest BCUT2D eigenvalue weighted by atomic mass is 32.2. The fraction of sp³-hybridized carbons (Fsp3) is 0.450. The Morgan fingerprint density at radius 2 is 2.00 bits per heavy atom. The summed E-state index contributed by atoms with van der Waals surface area (Å²) in [5, 5.41) is 4.43. The maximum Gasteiger partial charge on any atom is 0.277 e. The van der Waals surface area contributed by atoms with Crippen LogP contribution in [0, 0.1) is 0 Å². The van der Waals surface area contributed by atoms with E-state index in [1.807, 2.05) is 13.8 Å². The van der Waals surface area contributed by atoms with Gasteiger partial charge >= 0.3 is 0 Å². The monoisotopic (exact) mass is 431 g/mol. The zero-order valence-corrected chi connectivity index (χ0v) is 18.1. The Kier molecular flexibility index (Phi) is 5.37. The second-order valence-corrected chi connectivity index (χ2v) is 9.22. The lowest BCUT2D eigenvalue weighted by atomic mass is 10.1. The van der Waals surface area contributed by atoms with Crippen LogP contribution < -0.4 is 10.3 Å². The molecule has 30 heavy (non-hydrogen) atoms. The lowest BCUT2D eigenvalue weighted by Crippen LogP contribution is -2.41. The summed E-state index contributed by atoms with van der Waals surface area (Å²) in [4.78, 5) is 20.4. The number of H-pyrrole nitrogens is 1. The highest BCUT2D eigenvalue weighted by molar-refractivity contribution is 7.89. The minimum Gasteiger partial charge on any atom is -0.493 e. The molecule has 1 saturated heterocycles. The maximum atomic E-state index is 12.9. The molecular weight excluding hydrogens is 406 g/mol. The summed E-state index contributed by atoms with van der Waals surface area (Å²) in [6.45, 7) is 5.30. The van der Waals surface area contributed by atoms with Crippen LogP contribution in [0.2, 0.25) is 0 Å². The molecule has 1 fully saturated rings. The number of rotatable bonds is 7. The van der Waals surface area contributed by atoms with E-state index in [9.17, 15) is 13.2 Å². The van der Waals surface area contributed by atoms with E-state index in [1.165, 1.54) is 21.1 Å². The Morgan fingerprint density at radius 1 is 1.23 bits per heavy atom. The molecule has 3 aromatic rings. The molecule has 0 spiro atoms. The van der Waals surface area contributed by atoms with Gasteiger partial charge in [0.15, 0.2) is 5.52 Å². The van der Waals surface area contributed by atoms with Crippen molar-refractivity contribution in [2.24, 2.45) is 7.05 Å². The number of aromatic amines is 1. The molecule has 3 heterocycles. The number of hydrogen-bond acceptors (Lipinski definition) is 6. The molecule has 1 N–H and O–H groups in total. The van der Waals surface area contributed by atoms with Crippen molar-refractivity contribution in [1.82, 2.24) is 24.1 Å². The van der Waals surface area contributed by atoms with Gasteiger partial charge in [0.05, 0.1) is 22.8 Å². The zero-order valence-electron chi connectivity index (χ0n) is 17.3. The molecule has 0 atom stereocenters. The van der Waals surface area contributed by atoms with E-state index >= 15 is 0 Å². The van der Waals surface area contributed by atoms with Crippen molar-refractivity contribution in [3.63, 3.8) is 0 Å². The number of ether oxygens (including phenoxy) is 1. The van der Waals surface area contributed by atoms with Gasteiger partial charge in [0, 0.05) is 20.1 Å². The normalized spacial score (nSPS) is 14.8. The molecule has 0 radical (unpaired) electrons. The first-order chi connectivity index (χ1) is 14.4. The summed E-state index contributed by atoms with van der Waals surface area (Å²) >= 11 is 0. The summed E-state index contributed by atoms with van der Waals surface area (Å²) in [7, 11) is -1.88. The quantitative estimate of drug-likeness (QED) is 0.613. The highest BCUT2D eigenvalue weighted by Gasteiger charge is 2.30. The van der Waals surface area contributed by atoms with Crippen molar-refractivity contribution in [1.29, 1.82) is 0 Å². The van der Waals surface area contributed by atoms with Gasteiger partial charge in [-0.15, -0.1) is 0 Å². The number of benzene rings is 1. The topological polar surface area (TPSA) is 110 Å². The van der Waals surface area contributed by atoms with E-state index in [0.29, 0.717) is 48.5 Å². The minimum atomic E-state index is -3.59. The molecule has 10 heteroatoms. The molecular formula is C20H25N5O4S. The highest BCUT2D eigenvalue weighted by Crippen LogP contribution is 2.33. The van der Waals surface area contributed by atoms with E-state index < -0.39 is 10.0 Å². The Bertz CT molecular complexity index is 1260. The molecule has 0 bridgehead atoms. The number of aryl methyl sites for hydroxylation is 2. The minimum absolute atomic E-state index is 0.156. The summed E-state index contributed by atoms with van der Waals surface area (Å²) in [6, 6.07) is 4.68. The van der Waals surface area contributed by atoms with E-state index in [-0.39, 0.29) is 16.3 Å². The van der Waals surface area contributed by atoms with E-state index in [0.717, 1.165) is 18.5 Å². The summed E-state index contributed by atoms with van der Waals surface area (Å²) in [5.41, 5.74) is 1.76. The number of fused-ring (bicyclic) bond motifs is 1. The maximum absolute atomic E-state index is 12.9. The summed E-state index contributed by atoms with van der Waals surface area (Å²) in [6.07, 6.45) is 2.41. The van der Waals surface area contributed by atoms with E-state index in [2.05, 4.69) is 15.1 Å². The number of aromatic nitrogens is 4. The summed E-state index contributed by atoms with van der Waals surface area (Å²) < 4.78 is 34.4. The first-order valence-corrected chi connectivity index (χ1v) is 11.5. The van der Waals surface area contributed by atoms with Crippen molar-refractivity contribution in [3.8, 4) is 17.1 Å². The summed E-state index contributed by atoms with van der Waals surface area (Å²) in [5.74, 6) is 0.727. The van der Waals surface area contributed by atoms with Crippen LogP contribution in [0.25, 0.3) is 22.4 Å². The second kappa shape index (κ2) is 7.84. The van der Waals surface area contributed by atoms with Crippen LogP contribution in [0.1, 0.15) is 32.4 Å². The standard InChI is InChI=1S/C20H25N5O4S/c1-4-7-15-17-18(24(3)23-15)20(26)22-19(21-17)14-12-13(8-9-16(14)29-5-2)30(27,28)25-10-6-11-25/h8-9,12H,4-7,10-11H2,1-3H3,(H,21,22,26). The Morgan fingerprint density at radius 3 is 2.63 bits per heavy atom. The number of nitrogens with zero attached hydrogens (tertiary/aromatic N) is 4. The van der Waals surface area contributed by atoms with Gasteiger partial charge in [-0.3, -0.25) is 9.48 Å². The van der Waals surface area contributed by atoms with Crippen molar-refractivity contribution >= 4 is 21.1 Å². The van der Waals surface area contributed by atoms with E-state index in [4.69, 9.17) is 4.74 Å². The van der Waals surface area contributed by atoms with Gasteiger partial charge in [-0.2, -0.15) is 9.40 Å². The second-order valence-electron chi connectivity index (χ2n) is 7.28. The van der Waals surface area contributed by atoms with Crippen LogP contribution in [-0.2, 0) is 23.5 Å². The Labute approximate surface area is 174 Å². The fourth-order valence-corrected chi connectivity index (χ4v) is 5.14. The third-order valence-electron chi connectivity index (χ3n) is 5.21. The molecule has 1 aliphatic rings. The van der Waals surface area contributed by atoms with Crippen LogP contribution >= 0.6 is 0 Å². The van der Waals surface area contributed by atoms with Crippen LogP contribution in [0.3, 0.4) is 0 Å². The number of hydrogen-bond donors (Lipinski definition) is 1. The largest absolute Gasteiger partial charge is 0.493 e. The van der Waals surface area contributed by atoms with Crippen LogP contribution in [0.5, 0.6) is 5.75 Å². The SMILES string of the molecule is CCCc1nn(C)c2c(=O)[nH]c(-c3cc(S(=O)(=O)N4CCC4)ccc3OCC)nc12. The van der Waals surface area contributed by atoms with Gasteiger partial charge in [0.1, 0.15) is 17.1 Å².